The molecule has 0 spiro atoms. The van der Waals surface area contributed by atoms with Crippen molar-refractivity contribution in [2.45, 2.75) is 51.4 Å². The Labute approximate surface area is 233 Å². The maximum atomic E-state index is 14.4. The van der Waals surface area contributed by atoms with Crippen LogP contribution in [0.15, 0.2) is 22.7 Å². The van der Waals surface area contributed by atoms with Crippen molar-refractivity contribution in [3.63, 3.8) is 0 Å². The largest absolute Gasteiger partial charge is 0.490 e. The van der Waals surface area contributed by atoms with Crippen LogP contribution >= 0.6 is 0 Å². The summed E-state index contributed by atoms with van der Waals surface area (Å²) in [5, 5.41) is 31.7. The third-order valence-electron chi connectivity index (χ3n) is 6.09. The molecule has 2 atom stereocenters. The Morgan fingerprint density at radius 1 is 1.17 bits per heavy atom. The third-order valence-corrected chi connectivity index (χ3v) is 6.09. The quantitative estimate of drug-likeness (QED) is 0.282. The molecule has 0 aliphatic carbocycles. The van der Waals surface area contributed by atoms with Crippen LogP contribution in [-0.2, 0) is 4.79 Å². The minimum absolute atomic E-state index is 0.0845. The van der Waals surface area contributed by atoms with Gasteiger partial charge in [-0.1, -0.05) is 19.0 Å². The van der Waals surface area contributed by atoms with Gasteiger partial charge < -0.3 is 34.8 Å². The highest BCUT2D eigenvalue weighted by Crippen LogP contribution is 2.21. The molecule has 1 aromatic carbocycles. The summed E-state index contributed by atoms with van der Waals surface area (Å²) in [6, 6.07) is 4.80. The number of benzene rings is 1. The number of hydrogen-bond donors (Lipinski definition) is 4. The molecule has 3 rings (SSSR count). The van der Waals surface area contributed by atoms with Crippen LogP contribution in [0.4, 0.5) is 23.6 Å². The zero-order valence-electron chi connectivity index (χ0n) is 22.9. The fraction of sp³-hybridized carbons (Fsp3) is 0.600. The van der Waals surface area contributed by atoms with Crippen molar-refractivity contribution in [2.24, 2.45) is 0 Å². The molecule has 230 valence electrons. The van der Waals surface area contributed by atoms with Gasteiger partial charge in [-0.05, 0) is 31.5 Å². The molecule has 41 heavy (non-hydrogen) atoms. The molecule has 2 heterocycles. The standard InChI is InChI=1S/C23H34FN5O5.C2HF3O2/c1-15(2)21-26-23(34-27-21)29-9-7-28(8-10-29)16(3)6-11-33-20-5-4-17(12-19(20)24)22(32)25-13-18(31)14-30;3-2(4,5)1(6)7/h4-5,12,15-16,18,30-31H,6-11,13-14H2,1-3H3,(H,25,32);(H,6,7)/t16?,18-;/m1./s1. The lowest BCUT2D eigenvalue weighted by Gasteiger charge is -2.37. The SMILES string of the molecule is CC(C)c1noc(N2CCN(C(C)CCOc3ccc(C(=O)NC[C@@H](O)CO)cc3F)CC2)n1.O=C(O)C(F)(F)F. The van der Waals surface area contributed by atoms with Crippen molar-refractivity contribution in [1.82, 2.24) is 20.4 Å². The van der Waals surface area contributed by atoms with E-state index < -0.39 is 36.6 Å². The van der Waals surface area contributed by atoms with Crippen molar-refractivity contribution < 1.29 is 51.7 Å². The molecule has 2 aromatic rings. The molecule has 0 saturated carbocycles. The number of carbonyl (C=O) groups is 2. The van der Waals surface area contributed by atoms with Crippen LogP contribution in [0.3, 0.4) is 0 Å². The number of nitrogens with one attached hydrogen (secondary N) is 1. The second-order valence-corrected chi connectivity index (χ2v) is 9.59. The first-order valence-corrected chi connectivity index (χ1v) is 12.8. The summed E-state index contributed by atoms with van der Waals surface area (Å²) in [6.45, 7) is 9.22. The second-order valence-electron chi connectivity index (χ2n) is 9.59. The van der Waals surface area contributed by atoms with Crippen molar-refractivity contribution in [2.75, 3.05) is 50.8 Å². The van der Waals surface area contributed by atoms with E-state index in [0.717, 1.165) is 38.7 Å². The summed E-state index contributed by atoms with van der Waals surface area (Å²) in [7, 11) is 0. The Hall–Kier alpha value is -3.50. The zero-order valence-corrected chi connectivity index (χ0v) is 22.9. The van der Waals surface area contributed by atoms with Gasteiger partial charge in [-0.15, -0.1) is 0 Å². The smallest absolute Gasteiger partial charge is 0.490 e. The molecular weight excluding hydrogens is 558 g/mol. The van der Waals surface area contributed by atoms with E-state index >= 15 is 0 Å². The third kappa shape index (κ3) is 10.8. The summed E-state index contributed by atoms with van der Waals surface area (Å²) in [5.41, 5.74) is 0.114. The van der Waals surface area contributed by atoms with E-state index in [2.05, 4.69) is 32.2 Å². The van der Waals surface area contributed by atoms with Crippen LogP contribution in [0.1, 0.15) is 49.3 Å². The first-order valence-electron chi connectivity index (χ1n) is 12.8. The molecule has 1 aliphatic heterocycles. The molecule has 1 unspecified atom stereocenters. The number of piperazine rings is 1. The van der Waals surface area contributed by atoms with Crippen LogP contribution < -0.4 is 15.0 Å². The number of aliphatic hydroxyl groups is 2. The normalized spacial score (nSPS) is 15.6. The number of carboxylic acids is 1. The lowest BCUT2D eigenvalue weighted by atomic mass is 10.1. The number of hydrogen-bond acceptors (Lipinski definition) is 10. The number of anilines is 1. The summed E-state index contributed by atoms with van der Waals surface area (Å²) in [4.78, 5) is 29.8. The summed E-state index contributed by atoms with van der Waals surface area (Å²) in [6.07, 6.45) is -5.42. The van der Waals surface area contributed by atoms with E-state index in [1.807, 2.05) is 13.8 Å². The lowest BCUT2D eigenvalue weighted by molar-refractivity contribution is -0.192. The molecule has 4 N–H and O–H groups in total. The van der Waals surface area contributed by atoms with Crippen LogP contribution in [0.5, 0.6) is 5.75 Å². The molecule has 1 aromatic heterocycles. The number of halogens is 4. The van der Waals surface area contributed by atoms with E-state index in [9.17, 15) is 27.5 Å². The first-order chi connectivity index (χ1) is 19.2. The first kappa shape index (κ1) is 33.7. The highest BCUT2D eigenvalue weighted by Gasteiger charge is 2.38. The molecule has 1 amide bonds. The van der Waals surface area contributed by atoms with Gasteiger partial charge in [0.2, 0.25) is 0 Å². The van der Waals surface area contributed by atoms with E-state index in [4.69, 9.17) is 24.3 Å². The molecular formula is C25H35F4N5O7. The molecule has 0 radical (unpaired) electrons. The van der Waals surface area contributed by atoms with Crippen LogP contribution in [0.25, 0.3) is 0 Å². The van der Waals surface area contributed by atoms with Gasteiger partial charge in [0.05, 0.1) is 19.3 Å². The monoisotopic (exact) mass is 593 g/mol. The predicted octanol–water partition coefficient (Wildman–Crippen LogP) is 2.03. The Bertz CT molecular complexity index is 1120. The van der Waals surface area contributed by atoms with Gasteiger partial charge in [-0.25, -0.2) is 9.18 Å². The number of ether oxygens (including phenoxy) is 1. The van der Waals surface area contributed by atoms with Crippen molar-refractivity contribution >= 4 is 17.9 Å². The maximum Gasteiger partial charge on any atom is 0.490 e. The van der Waals surface area contributed by atoms with Gasteiger partial charge in [0.15, 0.2) is 17.4 Å². The second kappa shape index (κ2) is 15.5. The molecule has 1 fully saturated rings. The Kier molecular flexibility index (Phi) is 12.7. The van der Waals surface area contributed by atoms with Crippen LogP contribution in [-0.4, -0.2) is 106 Å². The number of rotatable bonds is 11. The predicted molar refractivity (Wildman–Crippen MR) is 137 cm³/mol. The van der Waals surface area contributed by atoms with Gasteiger partial charge in [-0.2, -0.15) is 18.2 Å². The molecule has 1 saturated heterocycles. The number of amides is 1. The van der Waals surface area contributed by atoms with Gasteiger partial charge in [0.25, 0.3) is 5.91 Å². The van der Waals surface area contributed by atoms with Gasteiger partial charge in [0.1, 0.15) is 0 Å². The summed E-state index contributed by atoms with van der Waals surface area (Å²) < 4.78 is 57.1. The number of aromatic nitrogens is 2. The fourth-order valence-corrected chi connectivity index (χ4v) is 3.60. The van der Waals surface area contributed by atoms with Crippen molar-refractivity contribution in [3.05, 3.63) is 35.4 Å². The lowest BCUT2D eigenvalue weighted by Crippen LogP contribution is -2.50. The molecule has 12 nitrogen and oxygen atoms in total. The maximum absolute atomic E-state index is 14.4. The van der Waals surface area contributed by atoms with Crippen molar-refractivity contribution in [1.29, 1.82) is 0 Å². The van der Waals surface area contributed by atoms with E-state index in [1.165, 1.54) is 12.1 Å². The molecule has 0 bridgehead atoms. The van der Waals surface area contributed by atoms with E-state index in [1.54, 1.807) is 0 Å². The minimum atomic E-state index is -5.08. The number of aliphatic carboxylic acids is 1. The van der Waals surface area contributed by atoms with Gasteiger partial charge >= 0.3 is 18.2 Å². The van der Waals surface area contributed by atoms with Crippen LogP contribution in [0, 0.1) is 5.82 Å². The van der Waals surface area contributed by atoms with Crippen molar-refractivity contribution in [3.8, 4) is 5.75 Å². The number of carboxylic acid groups (broad SMARTS) is 1. The number of alkyl halides is 3. The highest BCUT2D eigenvalue weighted by atomic mass is 19.4. The van der Waals surface area contributed by atoms with E-state index in [-0.39, 0.29) is 29.8 Å². The van der Waals surface area contributed by atoms with E-state index in [0.29, 0.717) is 18.4 Å². The van der Waals surface area contributed by atoms with Crippen LogP contribution in [0.2, 0.25) is 0 Å². The highest BCUT2D eigenvalue weighted by molar-refractivity contribution is 5.94. The molecule has 16 heteroatoms. The minimum Gasteiger partial charge on any atom is -0.490 e. The number of carbonyl (C=O) groups excluding carboxylic acids is 1. The Balaban J connectivity index is 0.000000745. The Morgan fingerprint density at radius 2 is 1.80 bits per heavy atom. The zero-order chi connectivity index (χ0) is 30.7. The summed E-state index contributed by atoms with van der Waals surface area (Å²) in [5.74, 6) is -2.90. The average molecular weight is 594 g/mol. The topological polar surface area (TPSA) is 161 Å². The van der Waals surface area contributed by atoms with Gasteiger partial charge in [0, 0.05) is 50.2 Å². The number of aliphatic hydroxyl groups excluding tert-OH is 2. The average Bonchev–Trinajstić information content (AvgIpc) is 3.43. The fourth-order valence-electron chi connectivity index (χ4n) is 3.60. The summed E-state index contributed by atoms with van der Waals surface area (Å²) >= 11 is 0. The number of nitrogens with zero attached hydrogens (tertiary/aromatic N) is 4. The Morgan fingerprint density at radius 3 is 2.32 bits per heavy atom. The van der Waals surface area contributed by atoms with Gasteiger partial charge in [-0.3, -0.25) is 9.69 Å². The molecule has 1 aliphatic rings.